The molecule has 1 unspecified atom stereocenters. The zero-order valence-electron chi connectivity index (χ0n) is 13.3. The van der Waals surface area contributed by atoms with Crippen LogP contribution >= 0.6 is 0 Å². The minimum Gasteiger partial charge on any atom is -0.491 e. The molecule has 0 aliphatic rings. The first kappa shape index (κ1) is 16.0. The molecule has 1 N–H and O–H groups in total. The Morgan fingerprint density at radius 3 is 2.32 bits per heavy atom. The van der Waals surface area contributed by atoms with Crippen molar-refractivity contribution in [3.63, 3.8) is 0 Å². The molecule has 0 aromatic heterocycles. The van der Waals surface area contributed by atoms with Gasteiger partial charge in [-0.15, -0.1) is 0 Å². The molecule has 19 heavy (non-hydrogen) atoms. The maximum Gasteiger partial charge on any atom is 0.122 e. The Balaban J connectivity index is 2.60. The van der Waals surface area contributed by atoms with Crippen molar-refractivity contribution in [1.82, 2.24) is 5.32 Å². The molecule has 0 aliphatic carbocycles. The Kier molecular flexibility index (Phi) is 5.86. The van der Waals surface area contributed by atoms with E-state index in [0.29, 0.717) is 5.92 Å². The van der Waals surface area contributed by atoms with Crippen LogP contribution in [-0.2, 0) is 6.42 Å². The highest BCUT2D eigenvalue weighted by atomic mass is 16.5. The average molecular weight is 263 g/mol. The highest BCUT2D eigenvalue weighted by Gasteiger charge is 2.13. The molecule has 1 rings (SSSR count). The molecule has 0 saturated heterocycles. The lowest BCUT2D eigenvalue weighted by Gasteiger charge is -2.24. The van der Waals surface area contributed by atoms with E-state index in [0.717, 1.165) is 18.7 Å². The number of para-hydroxylation sites is 1. The fourth-order valence-corrected chi connectivity index (χ4v) is 1.97. The van der Waals surface area contributed by atoms with E-state index in [1.54, 1.807) is 0 Å². The van der Waals surface area contributed by atoms with Gasteiger partial charge in [0.25, 0.3) is 0 Å². The summed E-state index contributed by atoms with van der Waals surface area (Å²) in [4.78, 5) is 0. The molecule has 0 fully saturated rings. The molecular weight excluding hydrogens is 234 g/mol. The van der Waals surface area contributed by atoms with Gasteiger partial charge in [-0.05, 0) is 65.1 Å². The first-order chi connectivity index (χ1) is 8.78. The lowest BCUT2D eigenvalue weighted by molar-refractivity contribution is 0.239. The Hall–Kier alpha value is -1.02. The summed E-state index contributed by atoms with van der Waals surface area (Å²) in [6.45, 7) is 14.1. The summed E-state index contributed by atoms with van der Waals surface area (Å²) >= 11 is 0. The maximum atomic E-state index is 5.87. The van der Waals surface area contributed by atoms with Crippen LogP contribution in [-0.4, -0.2) is 18.2 Å². The SMILES string of the molecule is CC(CNC(C)(C)C)Cc1ccccc1OC(C)C. The summed E-state index contributed by atoms with van der Waals surface area (Å²) in [7, 11) is 0. The van der Waals surface area contributed by atoms with Gasteiger partial charge in [0.2, 0.25) is 0 Å². The molecule has 1 aromatic carbocycles. The van der Waals surface area contributed by atoms with Gasteiger partial charge in [0, 0.05) is 5.54 Å². The second kappa shape index (κ2) is 6.95. The van der Waals surface area contributed by atoms with Gasteiger partial charge >= 0.3 is 0 Å². The van der Waals surface area contributed by atoms with Crippen LogP contribution in [0.25, 0.3) is 0 Å². The van der Waals surface area contributed by atoms with Crippen molar-refractivity contribution < 1.29 is 4.74 Å². The van der Waals surface area contributed by atoms with Crippen LogP contribution in [0.3, 0.4) is 0 Å². The predicted molar refractivity (Wildman–Crippen MR) is 82.8 cm³/mol. The van der Waals surface area contributed by atoms with Crippen LogP contribution in [0.1, 0.15) is 47.1 Å². The average Bonchev–Trinajstić information content (AvgIpc) is 2.27. The van der Waals surface area contributed by atoms with E-state index in [4.69, 9.17) is 4.74 Å². The van der Waals surface area contributed by atoms with Crippen LogP contribution in [0.15, 0.2) is 24.3 Å². The van der Waals surface area contributed by atoms with Crippen molar-refractivity contribution in [1.29, 1.82) is 0 Å². The summed E-state index contributed by atoms with van der Waals surface area (Å²) in [5.41, 5.74) is 1.49. The highest BCUT2D eigenvalue weighted by Crippen LogP contribution is 2.22. The Morgan fingerprint density at radius 2 is 1.74 bits per heavy atom. The van der Waals surface area contributed by atoms with Gasteiger partial charge in [0.15, 0.2) is 0 Å². The molecule has 0 amide bonds. The van der Waals surface area contributed by atoms with E-state index in [2.05, 4.69) is 65.1 Å². The molecule has 2 heteroatoms. The highest BCUT2D eigenvalue weighted by molar-refractivity contribution is 5.33. The Labute approximate surface area is 118 Å². The summed E-state index contributed by atoms with van der Waals surface area (Å²) in [5.74, 6) is 1.62. The van der Waals surface area contributed by atoms with E-state index in [9.17, 15) is 0 Å². The molecule has 0 saturated carbocycles. The van der Waals surface area contributed by atoms with Gasteiger partial charge in [0.05, 0.1) is 6.10 Å². The number of rotatable bonds is 6. The van der Waals surface area contributed by atoms with E-state index >= 15 is 0 Å². The van der Waals surface area contributed by atoms with Gasteiger partial charge in [-0.3, -0.25) is 0 Å². The molecule has 1 aromatic rings. The molecule has 0 aliphatic heterocycles. The maximum absolute atomic E-state index is 5.87. The largest absolute Gasteiger partial charge is 0.491 e. The van der Waals surface area contributed by atoms with Gasteiger partial charge in [-0.1, -0.05) is 25.1 Å². The van der Waals surface area contributed by atoms with Crippen LogP contribution in [0.5, 0.6) is 5.75 Å². The molecule has 0 heterocycles. The minimum absolute atomic E-state index is 0.183. The van der Waals surface area contributed by atoms with Crippen molar-refractivity contribution in [3.05, 3.63) is 29.8 Å². The van der Waals surface area contributed by atoms with Crippen LogP contribution < -0.4 is 10.1 Å². The topological polar surface area (TPSA) is 21.3 Å². The van der Waals surface area contributed by atoms with E-state index in [-0.39, 0.29) is 11.6 Å². The van der Waals surface area contributed by atoms with Crippen molar-refractivity contribution in [2.45, 2.75) is 59.6 Å². The van der Waals surface area contributed by atoms with Crippen molar-refractivity contribution >= 4 is 0 Å². The van der Waals surface area contributed by atoms with E-state index in [1.807, 2.05) is 6.07 Å². The quantitative estimate of drug-likeness (QED) is 0.836. The van der Waals surface area contributed by atoms with Gasteiger partial charge in [-0.2, -0.15) is 0 Å². The second-order valence-electron chi connectivity index (χ2n) is 6.71. The zero-order chi connectivity index (χ0) is 14.5. The van der Waals surface area contributed by atoms with Gasteiger partial charge in [0.1, 0.15) is 5.75 Å². The van der Waals surface area contributed by atoms with Crippen molar-refractivity contribution in [3.8, 4) is 5.75 Å². The molecule has 0 radical (unpaired) electrons. The molecule has 0 spiro atoms. The standard InChI is InChI=1S/C17H29NO/c1-13(2)19-16-10-8-7-9-15(16)11-14(3)12-18-17(4,5)6/h7-10,13-14,18H,11-12H2,1-6H3. The summed E-state index contributed by atoms with van der Waals surface area (Å²) in [6.07, 6.45) is 1.27. The third kappa shape index (κ3) is 6.63. The molecule has 1 atom stereocenters. The van der Waals surface area contributed by atoms with Crippen molar-refractivity contribution in [2.75, 3.05) is 6.54 Å². The zero-order valence-corrected chi connectivity index (χ0v) is 13.3. The first-order valence-corrected chi connectivity index (χ1v) is 7.27. The molecule has 108 valence electrons. The van der Waals surface area contributed by atoms with Crippen LogP contribution in [0.4, 0.5) is 0 Å². The number of hydrogen-bond donors (Lipinski definition) is 1. The lowest BCUT2D eigenvalue weighted by atomic mass is 9.99. The number of hydrogen-bond acceptors (Lipinski definition) is 2. The Morgan fingerprint density at radius 1 is 1.11 bits per heavy atom. The smallest absolute Gasteiger partial charge is 0.122 e. The van der Waals surface area contributed by atoms with Crippen LogP contribution in [0, 0.1) is 5.92 Å². The third-order valence-electron chi connectivity index (χ3n) is 2.88. The Bertz CT molecular complexity index is 379. The van der Waals surface area contributed by atoms with Gasteiger partial charge < -0.3 is 10.1 Å². The van der Waals surface area contributed by atoms with E-state index < -0.39 is 0 Å². The summed E-state index contributed by atoms with van der Waals surface area (Å²) < 4.78 is 5.87. The van der Waals surface area contributed by atoms with Gasteiger partial charge in [-0.25, -0.2) is 0 Å². The monoisotopic (exact) mass is 263 g/mol. The molecule has 0 bridgehead atoms. The fraction of sp³-hybridized carbons (Fsp3) is 0.647. The number of ether oxygens (including phenoxy) is 1. The minimum atomic E-state index is 0.183. The third-order valence-corrected chi connectivity index (χ3v) is 2.88. The lowest BCUT2D eigenvalue weighted by Crippen LogP contribution is -2.39. The van der Waals surface area contributed by atoms with Crippen LogP contribution in [0.2, 0.25) is 0 Å². The molecule has 2 nitrogen and oxygen atoms in total. The van der Waals surface area contributed by atoms with Crippen molar-refractivity contribution in [2.24, 2.45) is 5.92 Å². The van der Waals surface area contributed by atoms with E-state index in [1.165, 1.54) is 5.56 Å². The first-order valence-electron chi connectivity index (χ1n) is 7.27. The predicted octanol–water partition coefficient (Wildman–Crippen LogP) is 4.04. The molecular formula is C17H29NO. The number of benzene rings is 1. The normalized spacial score (nSPS) is 13.6. The number of nitrogens with one attached hydrogen (secondary N) is 1. The summed E-state index contributed by atoms with van der Waals surface area (Å²) in [5, 5.41) is 3.56. The summed E-state index contributed by atoms with van der Waals surface area (Å²) in [6, 6.07) is 8.37. The second-order valence-corrected chi connectivity index (χ2v) is 6.71. The fourth-order valence-electron chi connectivity index (χ4n) is 1.97.